The number of rotatable bonds is 3. The van der Waals surface area contributed by atoms with Crippen molar-refractivity contribution in [3.05, 3.63) is 35.9 Å². The van der Waals surface area contributed by atoms with E-state index in [9.17, 15) is 4.79 Å². The Morgan fingerprint density at radius 3 is 2.86 bits per heavy atom. The molecular formula is C16H22N2O2S. The Hall–Kier alpha value is -1.04. The minimum Gasteiger partial charge on any atom is -0.364 e. The van der Waals surface area contributed by atoms with Gasteiger partial charge >= 0.3 is 0 Å². The number of hydrogen-bond donors (Lipinski definition) is 1. The molecule has 0 aliphatic carbocycles. The third-order valence-corrected chi connectivity index (χ3v) is 5.26. The summed E-state index contributed by atoms with van der Waals surface area (Å²) in [5.41, 5.74) is 6.85. The van der Waals surface area contributed by atoms with Crippen molar-refractivity contribution in [1.82, 2.24) is 4.90 Å². The topological polar surface area (TPSA) is 55.6 Å². The molecule has 3 rings (SSSR count). The number of hydrogen-bond acceptors (Lipinski definition) is 4. The molecule has 0 aromatic heterocycles. The number of carbonyl (C=O) groups excluding carboxylic acids is 1. The molecule has 0 spiro atoms. The van der Waals surface area contributed by atoms with Crippen molar-refractivity contribution in [2.24, 2.45) is 5.73 Å². The lowest BCUT2D eigenvalue weighted by Gasteiger charge is -2.37. The van der Waals surface area contributed by atoms with Gasteiger partial charge in [0, 0.05) is 24.6 Å². The highest BCUT2D eigenvalue weighted by Crippen LogP contribution is 2.32. The molecule has 1 amide bonds. The number of thioether (sulfide) groups is 1. The van der Waals surface area contributed by atoms with Crippen LogP contribution in [0.5, 0.6) is 0 Å². The van der Waals surface area contributed by atoms with Crippen LogP contribution in [0.1, 0.15) is 24.4 Å². The van der Waals surface area contributed by atoms with Crippen LogP contribution in [-0.2, 0) is 9.53 Å². The maximum Gasteiger partial charge on any atom is 0.252 e. The van der Waals surface area contributed by atoms with Crippen LogP contribution in [0.4, 0.5) is 0 Å². The van der Waals surface area contributed by atoms with Gasteiger partial charge in [-0.2, -0.15) is 11.8 Å². The van der Waals surface area contributed by atoms with Gasteiger partial charge in [-0.25, -0.2) is 0 Å². The molecule has 1 aromatic rings. The Labute approximate surface area is 130 Å². The molecule has 2 saturated heterocycles. The SMILES string of the molecule is NC[C@H]1CC[C@@H](C(=O)N2CCSCC2c2ccccc2)O1. The van der Waals surface area contributed by atoms with E-state index in [4.69, 9.17) is 10.5 Å². The zero-order chi connectivity index (χ0) is 14.7. The summed E-state index contributed by atoms with van der Waals surface area (Å²) in [7, 11) is 0. The summed E-state index contributed by atoms with van der Waals surface area (Å²) in [6.45, 7) is 1.30. The van der Waals surface area contributed by atoms with Gasteiger partial charge in [-0.1, -0.05) is 30.3 Å². The Bertz CT molecular complexity index is 482. The lowest BCUT2D eigenvalue weighted by molar-refractivity contribution is -0.144. The standard InChI is InChI=1S/C16H22N2O2S/c17-10-13-6-7-15(20-13)16(19)18-8-9-21-11-14(18)12-4-2-1-3-5-12/h1-5,13-15H,6-11,17H2/t13-,14?,15+/m1/s1. The molecule has 0 bridgehead atoms. The Morgan fingerprint density at radius 1 is 1.33 bits per heavy atom. The zero-order valence-corrected chi connectivity index (χ0v) is 12.9. The van der Waals surface area contributed by atoms with Crippen molar-refractivity contribution in [1.29, 1.82) is 0 Å². The summed E-state index contributed by atoms with van der Waals surface area (Å²) in [6.07, 6.45) is 1.44. The first-order valence-corrected chi connectivity index (χ1v) is 8.73. The number of nitrogens with two attached hydrogens (primary N) is 1. The molecule has 2 aliphatic rings. The van der Waals surface area contributed by atoms with E-state index in [1.807, 2.05) is 34.9 Å². The summed E-state index contributed by atoms with van der Waals surface area (Å²) in [5.74, 6) is 2.10. The fourth-order valence-corrected chi connectivity index (χ4v) is 4.15. The first-order valence-electron chi connectivity index (χ1n) is 7.58. The van der Waals surface area contributed by atoms with Crippen LogP contribution in [-0.4, -0.2) is 47.6 Å². The fourth-order valence-electron chi connectivity index (χ4n) is 3.06. The van der Waals surface area contributed by atoms with Crippen LogP contribution in [0, 0.1) is 0 Å². The first-order chi connectivity index (χ1) is 10.3. The second-order valence-electron chi connectivity index (χ2n) is 5.59. The van der Waals surface area contributed by atoms with Gasteiger partial charge in [-0.05, 0) is 18.4 Å². The third kappa shape index (κ3) is 3.25. The van der Waals surface area contributed by atoms with Crippen molar-refractivity contribution in [3.8, 4) is 0 Å². The molecule has 2 aliphatic heterocycles. The molecule has 2 N–H and O–H groups in total. The van der Waals surface area contributed by atoms with E-state index in [2.05, 4.69) is 12.1 Å². The average Bonchev–Trinajstić information content (AvgIpc) is 3.04. The molecule has 1 unspecified atom stereocenters. The minimum absolute atomic E-state index is 0.0493. The van der Waals surface area contributed by atoms with Crippen molar-refractivity contribution in [3.63, 3.8) is 0 Å². The predicted octanol–water partition coefficient (Wildman–Crippen LogP) is 1.81. The van der Waals surface area contributed by atoms with E-state index in [-0.39, 0.29) is 24.2 Å². The van der Waals surface area contributed by atoms with Crippen molar-refractivity contribution >= 4 is 17.7 Å². The Morgan fingerprint density at radius 2 is 2.14 bits per heavy atom. The van der Waals surface area contributed by atoms with Crippen LogP contribution in [0.3, 0.4) is 0 Å². The van der Waals surface area contributed by atoms with E-state index in [0.717, 1.165) is 30.9 Å². The highest BCUT2D eigenvalue weighted by molar-refractivity contribution is 7.99. The predicted molar refractivity (Wildman–Crippen MR) is 85.2 cm³/mol. The van der Waals surface area contributed by atoms with Crippen LogP contribution < -0.4 is 5.73 Å². The molecule has 5 heteroatoms. The molecule has 0 saturated carbocycles. The average molecular weight is 306 g/mol. The number of benzene rings is 1. The van der Waals surface area contributed by atoms with Crippen molar-refractivity contribution in [2.45, 2.75) is 31.1 Å². The monoisotopic (exact) mass is 306 g/mol. The molecule has 2 heterocycles. The van der Waals surface area contributed by atoms with Gasteiger partial charge in [-0.15, -0.1) is 0 Å². The summed E-state index contributed by atoms with van der Waals surface area (Å²) in [4.78, 5) is 14.8. The van der Waals surface area contributed by atoms with Crippen LogP contribution >= 0.6 is 11.8 Å². The second kappa shape index (κ2) is 6.81. The number of nitrogens with zero attached hydrogens (tertiary/aromatic N) is 1. The Kier molecular flexibility index (Phi) is 4.83. The summed E-state index contributed by atoms with van der Waals surface area (Å²) < 4.78 is 5.79. The summed E-state index contributed by atoms with van der Waals surface area (Å²) in [5, 5.41) is 0. The van der Waals surface area contributed by atoms with Gasteiger partial charge in [0.25, 0.3) is 5.91 Å². The quantitative estimate of drug-likeness (QED) is 0.925. The van der Waals surface area contributed by atoms with Gasteiger partial charge in [-0.3, -0.25) is 4.79 Å². The van der Waals surface area contributed by atoms with Crippen LogP contribution in [0.2, 0.25) is 0 Å². The van der Waals surface area contributed by atoms with Gasteiger partial charge in [0.1, 0.15) is 6.10 Å². The van der Waals surface area contributed by atoms with Gasteiger partial charge < -0.3 is 15.4 Å². The molecule has 114 valence electrons. The number of carbonyl (C=O) groups is 1. The maximum absolute atomic E-state index is 12.8. The van der Waals surface area contributed by atoms with Gasteiger partial charge in [0.2, 0.25) is 0 Å². The van der Waals surface area contributed by atoms with Crippen LogP contribution in [0.25, 0.3) is 0 Å². The molecular weight excluding hydrogens is 284 g/mol. The molecule has 2 fully saturated rings. The van der Waals surface area contributed by atoms with E-state index in [1.54, 1.807) is 0 Å². The second-order valence-corrected chi connectivity index (χ2v) is 6.74. The van der Waals surface area contributed by atoms with Crippen LogP contribution in [0.15, 0.2) is 30.3 Å². The van der Waals surface area contributed by atoms with Gasteiger partial charge in [0.15, 0.2) is 0 Å². The lowest BCUT2D eigenvalue weighted by atomic mass is 10.1. The van der Waals surface area contributed by atoms with E-state index in [1.165, 1.54) is 5.56 Å². The maximum atomic E-state index is 12.8. The minimum atomic E-state index is -0.298. The van der Waals surface area contributed by atoms with Crippen molar-refractivity contribution < 1.29 is 9.53 Å². The summed E-state index contributed by atoms with van der Waals surface area (Å²) >= 11 is 1.91. The zero-order valence-electron chi connectivity index (χ0n) is 12.1. The van der Waals surface area contributed by atoms with Gasteiger partial charge in [0.05, 0.1) is 12.1 Å². The largest absolute Gasteiger partial charge is 0.364 e. The highest BCUT2D eigenvalue weighted by Gasteiger charge is 2.37. The molecule has 0 radical (unpaired) electrons. The number of ether oxygens (including phenoxy) is 1. The normalized spacial score (nSPS) is 29.6. The fraction of sp³-hybridized carbons (Fsp3) is 0.562. The number of amides is 1. The van der Waals surface area contributed by atoms with E-state index >= 15 is 0 Å². The molecule has 1 aromatic carbocycles. The molecule has 21 heavy (non-hydrogen) atoms. The third-order valence-electron chi connectivity index (χ3n) is 4.24. The highest BCUT2D eigenvalue weighted by atomic mass is 32.2. The van der Waals surface area contributed by atoms with E-state index in [0.29, 0.717) is 6.54 Å². The van der Waals surface area contributed by atoms with E-state index < -0.39 is 0 Å². The van der Waals surface area contributed by atoms with Crippen molar-refractivity contribution in [2.75, 3.05) is 24.6 Å². The Balaban J connectivity index is 1.74. The lowest BCUT2D eigenvalue weighted by Crippen LogP contribution is -2.46. The smallest absolute Gasteiger partial charge is 0.252 e. The summed E-state index contributed by atoms with van der Waals surface area (Å²) in [6, 6.07) is 10.5. The molecule has 3 atom stereocenters. The molecule has 4 nitrogen and oxygen atoms in total. The first kappa shape index (κ1) is 14.9.